The Labute approximate surface area is 87.1 Å². The molecule has 0 saturated carbocycles. The molecule has 0 saturated heterocycles. The molecular weight excluding hydrogens is 198 g/mol. The van der Waals surface area contributed by atoms with Gasteiger partial charge in [-0.1, -0.05) is 6.07 Å². The van der Waals surface area contributed by atoms with Crippen LogP contribution in [-0.2, 0) is 4.79 Å². The van der Waals surface area contributed by atoms with Crippen LogP contribution in [0.4, 0.5) is 5.69 Å². The van der Waals surface area contributed by atoms with Crippen molar-refractivity contribution in [2.75, 3.05) is 12.3 Å². The van der Waals surface area contributed by atoms with Crippen molar-refractivity contribution in [3.05, 3.63) is 18.2 Å². The number of esters is 1. The summed E-state index contributed by atoms with van der Waals surface area (Å²) in [4.78, 5) is 11.1. The molecule has 0 heterocycles. The lowest BCUT2D eigenvalue weighted by Crippen LogP contribution is -2.08. The lowest BCUT2D eigenvalue weighted by Gasteiger charge is -2.06. The molecule has 0 aliphatic carbocycles. The van der Waals surface area contributed by atoms with Gasteiger partial charge in [-0.2, -0.15) is 0 Å². The number of aromatic hydroxyl groups is 1. The van der Waals surface area contributed by atoms with Crippen molar-refractivity contribution in [1.82, 2.24) is 0 Å². The summed E-state index contributed by atoms with van der Waals surface area (Å²) in [7, 11) is 0. The first-order valence-electron chi connectivity index (χ1n) is 4.54. The predicted molar refractivity (Wildman–Crippen MR) is 54.5 cm³/mol. The molecule has 0 amide bonds. The molecule has 0 spiro atoms. The van der Waals surface area contributed by atoms with Gasteiger partial charge in [0, 0.05) is 13.0 Å². The number of aliphatic hydroxyl groups excluding tert-OH is 1. The average molecular weight is 211 g/mol. The zero-order valence-electron chi connectivity index (χ0n) is 8.14. The van der Waals surface area contributed by atoms with Crippen LogP contribution in [0.3, 0.4) is 0 Å². The Morgan fingerprint density at radius 2 is 2.20 bits per heavy atom. The van der Waals surface area contributed by atoms with Gasteiger partial charge in [-0.15, -0.1) is 0 Å². The van der Waals surface area contributed by atoms with Crippen LogP contribution in [0.25, 0.3) is 0 Å². The number of nitrogen functional groups attached to an aromatic ring is 1. The van der Waals surface area contributed by atoms with Gasteiger partial charge >= 0.3 is 5.97 Å². The topological polar surface area (TPSA) is 92.8 Å². The summed E-state index contributed by atoms with van der Waals surface area (Å²) < 4.78 is 4.85. The third-order valence-electron chi connectivity index (χ3n) is 1.79. The molecule has 4 N–H and O–H groups in total. The fourth-order valence-electron chi connectivity index (χ4n) is 1.02. The van der Waals surface area contributed by atoms with Gasteiger partial charge in [0.25, 0.3) is 0 Å². The van der Waals surface area contributed by atoms with Crippen LogP contribution in [0, 0.1) is 0 Å². The van der Waals surface area contributed by atoms with Crippen LogP contribution < -0.4 is 10.5 Å². The number of carbonyl (C=O) groups is 1. The molecule has 1 aromatic rings. The van der Waals surface area contributed by atoms with Gasteiger partial charge < -0.3 is 20.7 Å². The maximum absolute atomic E-state index is 11.1. The largest absolute Gasteiger partial charge is 0.503 e. The molecule has 1 rings (SSSR count). The minimum atomic E-state index is -0.509. The summed E-state index contributed by atoms with van der Waals surface area (Å²) in [5.74, 6) is -0.710. The van der Waals surface area contributed by atoms with Crippen LogP contribution in [0.15, 0.2) is 18.2 Å². The molecule has 15 heavy (non-hydrogen) atoms. The van der Waals surface area contributed by atoms with Crippen molar-refractivity contribution in [3.63, 3.8) is 0 Å². The molecule has 0 atom stereocenters. The summed E-state index contributed by atoms with van der Waals surface area (Å²) in [6, 6.07) is 4.52. The van der Waals surface area contributed by atoms with Crippen LogP contribution in [-0.4, -0.2) is 22.8 Å². The van der Waals surface area contributed by atoms with E-state index in [0.29, 0.717) is 6.42 Å². The standard InChI is InChI=1S/C10H13NO4/c11-7-3-1-4-8(10(7)14)15-9(13)5-2-6-12/h1,3-4,12,14H,2,5-6,11H2. The third-order valence-corrected chi connectivity index (χ3v) is 1.79. The van der Waals surface area contributed by atoms with E-state index in [9.17, 15) is 9.90 Å². The molecule has 0 unspecified atom stereocenters. The molecule has 1 aromatic carbocycles. The Kier molecular flexibility index (Phi) is 3.93. The van der Waals surface area contributed by atoms with Gasteiger partial charge in [0.15, 0.2) is 11.5 Å². The van der Waals surface area contributed by atoms with Crippen LogP contribution >= 0.6 is 0 Å². The fourth-order valence-corrected chi connectivity index (χ4v) is 1.02. The Hall–Kier alpha value is -1.75. The van der Waals surface area contributed by atoms with E-state index in [1.54, 1.807) is 6.07 Å². The number of rotatable bonds is 4. The first-order valence-corrected chi connectivity index (χ1v) is 4.54. The predicted octanol–water partition coefficient (Wildman–Crippen LogP) is 0.652. The van der Waals surface area contributed by atoms with E-state index in [-0.39, 0.29) is 30.2 Å². The Balaban J connectivity index is 2.64. The lowest BCUT2D eigenvalue weighted by molar-refractivity contribution is -0.134. The second-order valence-corrected chi connectivity index (χ2v) is 3.00. The van der Waals surface area contributed by atoms with E-state index in [1.807, 2.05) is 0 Å². The number of phenols is 1. The van der Waals surface area contributed by atoms with Crippen LogP contribution in [0.1, 0.15) is 12.8 Å². The first-order chi connectivity index (χ1) is 7.15. The molecule has 0 aromatic heterocycles. The van der Waals surface area contributed by atoms with E-state index in [1.165, 1.54) is 12.1 Å². The molecule has 82 valence electrons. The molecule has 0 aliphatic heterocycles. The SMILES string of the molecule is Nc1cccc(OC(=O)CCCO)c1O. The second kappa shape index (κ2) is 5.21. The van der Waals surface area contributed by atoms with Gasteiger partial charge in [-0.3, -0.25) is 4.79 Å². The monoisotopic (exact) mass is 211 g/mol. The van der Waals surface area contributed by atoms with Crippen molar-refractivity contribution in [3.8, 4) is 11.5 Å². The second-order valence-electron chi connectivity index (χ2n) is 3.00. The van der Waals surface area contributed by atoms with Crippen LogP contribution in [0.5, 0.6) is 11.5 Å². The maximum atomic E-state index is 11.1. The molecule has 0 radical (unpaired) electrons. The number of aliphatic hydroxyl groups is 1. The number of benzene rings is 1. The third kappa shape index (κ3) is 3.14. The highest BCUT2D eigenvalue weighted by Gasteiger charge is 2.10. The number of ether oxygens (including phenoxy) is 1. The summed E-state index contributed by atoms with van der Waals surface area (Å²) in [5, 5.41) is 17.9. The van der Waals surface area contributed by atoms with Crippen molar-refractivity contribution < 1.29 is 19.7 Å². The number of carbonyl (C=O) groups excluding carboxylic acids is 1. The highest BCUT2D eigenvalue weighted by Crippen LogP contribution is 2.31. The molecule has 5 heteroatoms. The molecule has 0 fully saturated rings. The molecule has 0 bridgehead atoms. The van der Waals surface area contributed by atoms with E-state index in [2.05, 4.69) is 0 Å². The van der Waals surface area contributed by atoms with Crippen LogP contribution in [0.2, 0.25) is 0 Å². The number of hydrogen-bond donors (Lipinski definition) is 3. The highest BCUT2D eigenvalue weighted by atomic mass is 16.5. The van der Waals surface area contributed by atoms with Gasteiger partial charge in [-0.05, 0) is 18.6 Å². The first kappa shape index (κ1) is 11.3. The summed E-state index contributed by atoms with van der Waals surface area (Å²) >= 11 is 0. The van der Waals surface area contributed by atoms with Gasteiger partial charge in [0.2, 0.25) is 0 Å². The van der Waals surface area contributed by atoms with E-state index in [0.717, 1.165) is 0 Å². The fraction of sp³-hybridized carbons (Fsp3) is 0.300. The number of phenolic OH excluding ortho intramolecular Hbond substituents is 1. The number of nitrogens with two attached hydrogens (primary N) is 1. The van der Waals surface area contributed by atoms with Crippen molar-refractivity contribution in [2.45, 2.75) is 12.8 Å². The lowest BCUT2D eigenvalue weighted by atomic mass is 10.2. The minimum Gasteiger partial charge on any atom is -0.503 e. The summed E-state index contributed by atoms with van der Waals surface area (Å²) in [6.45, 7) is -0.0714. The zero-order chi connectivity index (χ0) is 11.3. The normalized spacial score (nSPS) is 9.93. The quantitative estimate of drug-likeness (QED) is 0.294. The van der Waals surface area contributed by atoms with Crippen molar-refractivity contribution in [1.29, 1.82) is 0 Å². The van der Waals surface area contributed by atoms with E-state index >= 15 is 0 Å². The summed E-state index contributed by atoms with van der Waals surface area (Å²) in [5.41, 5.74) is 5.57. The number of anilines is 1. The summed E-state index contributed by atoms with van der Waals surface area (Å²) in [6.07, 6.45) is 0.437. The Morgan fingerprint density at radius 3 is 2.87 bits per heavy atom. The molecule has 5 nitrogen and oxygen atoms in total. The number of para-hydroxylation sites is 1. The maximum Gasteiger partial charge on any atom is 0.311 e. The van der Waals surface area contributed by atoms with Gasteiger partial charge in [0.05, 0.1) is 5.69 Å². The van der Waals surface area contributed by atoms with Crippen molar-refractivity contribution in [2.24, 2.45) is 0 Å². The minimum absolute atomic E-state index is 0.0398. The van der Waals surface area contributed by atoms with Gasteiger partial charge in [0.1, 0.15) is 0 Å². The van der Waals surface area contributed by atoms with E-state index < -0.39 is 5.97 Å². The number of hydrogen-bond acceptors (Lipinski definition) is 5. The molecule has 0 aliphatic rings. The Bertz CT molecular complexity index is 351. The van der Waals surface area contributed by atoms with E-state index in [4.69, 9.17) is 15.6 Å². The smallest absolute Gasteiger partial charge is 0.311 e. The van der Waals surface area contributed by atoms with Gasteiger partial charge in [-0.25, -0.2) is 0 Å². The molecular formula is C10H13NO4. The van der Waals surface area contributed by atoms with Crippen molar-refractivity contribution >= 4 is 11.7 Å². The average Bonchev–Trinajstić information content (AvgIpc) is 2.22. The Morgan fingerprint density at radius 1 is 1.47 bits per heavy atom. The highest BCUT2D eigenvalue weighted by molar-refractivity contribution is 5.74. The zero-order valence-corrected chi connectivity index (χ0v) is 8.14.